The fourth-order valence-corrected chi connectivity index (χ4v) is 1.22. The topological polar surface area (TPSA) is 60.4 Å². The van der Waals surface area contributed by atoms with Gasteiger partial charge in [-0.3, -0.25) is 14.5 Å². The average Bonchev–Trinajstić information content (AvgIpc) is 2.47. The molecule has 5 heteroatoms. The summed E-state index contributed by atoms with van der Waals surface area (Å²) in [6.45, 7) is 1.80. The van der Waals surface area contributed by atoms with Gasteiger partial charge in [-0.05, 0) is 13.0 Å². The van der Waals surface area contributed by atoms with Gasteiger partial charge in [0.2, 0.25) is 0 Å². The Morgan fingerprint density at radius 3 is 3.00 bits per heavy atom. The van der Waals surface area contributed by atoms with E-state index in [-0.39, 0.29) is 5.69 Å². The molecule has 5 nitrogen and oxygen atoms in total. The number of aryl methyl sites for hydroxylation is 1. The van der Waals surface area contributed by atoms with Crippen LogP contribution in [0.5, 0.6) is 0 Å². The molecule has 0 atom stereocenters. The Morgan fingerprint density at radius 1 is 1.54 bits per heavy atom. The second-order valence-electron chi connectivity index (χ2n) is 2.74. The second kappa shape index (κ2) is 2.55. The van der Waals surface area contributed by atoms with Crippen LogP contribution in [0, 0.1) is 17.0 Å². The Kier molecular flexibility index (Phi) is 1.51. The molecule has 0 bridgehead atoms. The molecule has 0 unspecified atom stereocenters. The van der Waals surface area contributed by atoms with Crippen molar-refractivity contribution < 1.29 is 4.92 Å². The van der Waals surface area contributed by atoms with E-state index < -0.39 is 4.92 Å². The number of nitrogens with zero attached hydrogens (tertiary/aromatic N) is 3. The molecule has 0 fully saturated rings. The predicted molar refractivity (Wildman–Crippen MR) is 46.6 cm³/mol. The van der Waals surface area contributed by atoms with E-state index in [9.17, 15) is 10.1 Å². The molecule has 2 aromatic rings. The molecule has 0 N–H and O–H groups in total. The molecule has 0 saturated carbocycles. The minimum atomic E-state index is -0.418. The van der Waals surface area contributed by atoms with Crippen molar-refractivity contribution in [3.8, 4) is 0 Å². The van der Waals surface area contributed by atoms with E-state index in [1.165, 1.54) is 12.3 Å². The summed E-state index contributed by atoms with van der Waals surface area (Å²) in [7, 11) is 0. The van der Waals surface area contributed by atoms with Crippen LogP contribution >= 0.6 is 0 Å². The van der Waals surface area contributed by atoms with Crippen LogP contribution in [-0.4, -0.2) is 14.3 Å². The Bertz CT molecular complexity index is 475. The summed E-state index contributed by atoms with van der Waals surface area (Å²) in [4.78, 5) is 14.1. The summed E-state index contributed by atoms with van der Waals surface area (Å²) >= 11 is 0. The number of fused-ring (bicyclic) bond motifs is 1. The summed E-state index contributed by atoms with van der Waals surface area (Å²) < 4.78 is 1.69. The zero-order valence-corrected chi connectivity index (χ0v) is 6.97. The quantitative estimate of drug-likeness (QED) is 0.490. The average molecular weight is 177 g/mol. The van der Waals surface area contributed by atoms with E-state index in [4.69, 9.17) is 0 Å². The molecule has 0 amide bonds. The van der Waals surface area contributed by atoms with Crippen molar-refractivity contribution in [3.05, 3.63) is 40.5 Å². The number of imidazole rings is 1. The van der Waals surface area contributed by atoms with Crippen LogP contribution in [0.1, 0.15) is 5.82 Å². The van der Waals surface area contributed by atoms with Crippen LogP contribution < -0.4 is 0 Å². The standard InChI is InChI=1S/C8H7N3O2/c1-6-9-4-7-2-3-8(11(12)13)5-10(6)7/h2-5H,1H3. The number of hydrogen-bond acceptors (Lipinski definition) is 3. The van der Waals surface area contributed by atoms with Gasteiger partial charge in [0.15, 0.2) is 0 Å². The van der Waals surface area contributed by atoms with Gasteiger partial charge in [0.05, 0.1) is 22.8 Å². The van der Waals surface area contributed by atoms with Gasteiger partial charge in [0.25, 0.3) is 5.69 Å². The summed E-state index contributed by atoms with van der Waals surface area (Å²) in [6, 6.07) is 3.15. The molecule has 0 aliphatic carbocycles. The maximum absolute atomic E-state index is 10.4. The second-order valence-corrected chi connectivity index (χ2v) is 2.74. The Labute approximate surface area is 73.8 Å². The number of rotatable bonds is 1. The fraction of sp³-hybridized carbons (Fsp3) is 0.125. The first-order valence-corrected chi connectivity index (χ1v) is 3.76. The van der Waals surface area contributed by atoms with Gasteiger partial charge >= 0.3 is 0 Å². The van der Waals surface area contributed by atoms with Crippen molar-refractivity contribution in [2.75, 3.05) is 0 Å². The van der Waals surface area contributed by atoms with E-state index >= 15 is 0 Å². The van der Waals surface area contributed by atoms with Crippen molar-refractivity contribution >= 4 is 11.2 Å². The highest BCUT2D eigenvalue weighted by Crippen LogP contribution is 2.14. The van der Waals surface area contributed by atoms with Gasteiger partial charge < -0.3 is 0 Å². The molecule has 13 heavy (non-hydrogen) atoms. The minimum Gasteiger partial charge on any atom is -0.297 e. The molecular formula is C8H7N3O2. The van der Waals surface area contributed by atoms with Crippen LogP contribution in [0.3, 0.4) is 0 Å². The number of aromatic nitrogens is 2. The van der Waals surface area contributed by atoms with Crippen LogP contribution in [0.15, 0.2) is 24.5 Å². The lowest BCUT2D eigenvalue weighted by Gasteiger charge is -1.95. The summed E-state index contributed by atoms with van der Waals surface area (Å²) in [5.41, 5.74) is 0.941. The largest absolute Gasteiger partial charge is 0.297 e. The van der Waals surface area contributed by atoms with Crippen molar-refractivity contribution in [1.29, 1.82) is 0 Å². The lowest BCUT2D eigenvalue weighted by molar-refractivity contribution is -0.385. The SMILES string of the molecule is Cc1ncc2ccc([N+](=O)[O-])cn12. The normalized spacial score (nSPS) is 10.5. The molecule has 0 saturated heterocycles. The highest BCUT2D eigenvalue weighted by Gasteiger charge is 2.07. The third-order valence-corrected chi connectivity index (χ3v) is 1.91. The van der Waals surface area contributed by atoms with Crippen molar-refractivity contribution in [2.24, 2.45) is 0 Å². The first-order chi connectivity index (χ1) is 6.18. The molecule has 0 spiro atoms. The summed E-state index contributed by atoms with van der Waals surface area (Å²) in [6.07, 6.45) is 3.15. The van der Waals surface area contributed by atoms with E-state index in [2.05, 4.69) is 4.98 Å². The van der Waals surface area contributed by atoms with Crippen LogP contribution in [0.4, 0.5) is 5.69 Å². The lowest BCUT2D eigenvalue weighted by atomic mass is 10.4. The van der Waals surface area contributed by atoms with Gasteiger partial charge in [0.1, 0.15) is 5.82 Å². The fourth-order valence-electron chi connectivity index (χ4n) is 1.22. The lowest BCUT2D eigenvalue weighted by Crippen LogP contribution is -1.92. The van der Waals surface area contributed by atoms with Crippen molar-refractivity contribution in [2.45, 2.75) is 6.92 Å². The molecule has 0 aliphatic rings. The van der Waals surface area contributed by atoms with Crippen molar-refractivity contribution in [1.82, 2.24) is 9.38 Å². The number of pyridine rings is 1. The first-order valence-electron chi connectivity index (χ1n) is 3.76. The van der Waals surface area contributed by atoms with E-state index in [0.29, 0.717) is 0 Å². The predicted octanol–water partition coefficient (Wildman–Crippen LogP) is 1.55. The van der Waals surface area contributed by atoms with Crippen LogP contribution in [0.2, 0.25) is 0 Å². The van der Waals surface area contributed by atoms with Crippen LogP contribution in [0.25, 0.3) is 5.52 Å². The zero-order valence-electron chi connectivity index (χ0n) is 6.97. The number of nitro groups is 1. The highest BCUT2D eigenvalue weighted by atomic mass is 16.6. The Balaban J connectivity index is 2.72. The van der Waals surface area contributed by atoms with E-state index in [1.807, 2.05) is 0 Å². The Morgan fingerprint density at radius 2 is 2.31 bits per heavy atom. The third kappa shape index (κ3) is 1.14. The number of hydrogen-bond donors (Lipinski definition) is 0. The van der Waals surface area contributed by atoms with E-state index in [1.54, 1.807) is 23.6 Å². The molecule has 0 radical (unpaired) electrons. The van der Waals surface area contributed by atoms with Gasteiger partial charge in [-0.1, -0.05) is 0 Å². The van der Waals surface area contributed by atoms with E-state index in [0.717, 1.165) is 11.3 Å². The minimum absolute atomic E-state index is 0.0774. The van der Waals surface area contributed by atoms with Gasteiger partial charge in [-0.2, -0.15) is 0 Å². The van der Waals surface area contributed by atoms with Crippen LogP contribution in [-0.2, 0) is 0 Å². The smallest absolute Gasteiger partial charge is 0.285 e. The maximum atomic E-state index is 10.4. The Hall–Kier alpha value is -1.91. The monoisotopic (exact) mass is 177 g/mol. The molecule has 2 heterocycles. The summed E-state index contributed by atoms with van der Waals surface area (Å²) in [5.74, 6) is 0.749. The summed E-state index contributed by atoms with van der Waals surface area (Å²) in [5, 5.41) is 10.4. The third-order valence-electron chi connectivity index (χ3n) is 1.91. The molecule has 66 valence electrons. The maximum Gasteiger partial charge on any atom is 0.285 e. The van der Waals surface area contributed by atoms with Gasteiger partial charge in [-0.15, -0.1) is 0 Å². The van der Waals surface area contributed by atoms with Gasteiger partial charge in [-0.25, -0.2) is 4.98 Å². The molecular weight excluding hydrogens is 170 g/mol. The highest BCUT2D eigenvalue weighted by molar-refractivity contribution is 5.49. The van der Waals surface area contributed by atoms with Crippen molar-refractivity contribution in [3.63, 3.8) is 0 Å². The molecule has 0 aromatic carbocycles. The molecule has 0 aliphatic heterocycles. The zero-order chi connectivity index (χ0) is 9.42. The molecule has 2 rings (SSSR count). The molecule has 2 aromatic heterocycles. The van der Waals surface area contributed by atoms with Gasteiger partial charge in [0, 0.05) is 6.07 Å². The first kappa shape index (κ1) is 7.72.